The molecule has 0 aliphatic heterocycles. The Bertz CT molecular complexity index is 1210. The first kappa shape index (κ1) is 16.5. The molecule has 0 radical (unpaired) electrons. The molecule has 136 valence electrons. The predicted octanol–water partition coefficient (Wildman–Crippen LogP) is 4.91. The van der Waals surface area contributed by atoms with E-state index in [2.05, 4.69) is 28.5 Å². The van der Waals surface area contributed by atoms with Crippen molar-refractivity contribution in [3.8, 4) is 22.4 Å². The van der Waals surface area contributed by atoms with Gasteiger partial charge in [-0.2, -0.15) is 0 Å². The molecule has 28 heavy (non-hydrogen) atoms. The Morgan fingerprint density at radius 3 is 2.68 bits per heavy atom. The minimum Gasteiger partial charge on any atom is -0.334 e. The van der Waals surface area contributed by atoms with Gasteiger partial charge < -0.3 is 9.88 Å². The van der Waals surface area contributed by atoms with Crippen molar-refractivity contribution in [3.63, 3.8) is 0 Å². The van der Waals surface area contributed by atoms with E-state index in [4.69, 9.17) is 0 Å². The zero-order chi connectivity index (χ0) is 19.1. The topological polar surface area (TPSA) is 46.9 Å². The first-order valence-electron chi connectivity index (χ1n) is 9.29. The number of carbonyl (C=O) groups is 1. The lowest BCUT2D eigenvalue weighted by Crippen LogP contribution is -2.14. The van der Waals surface area contributed by atoms with Gasteiger partial charge in [0, 0.05) is 23.9 Å². The Morgan fingerprint density at radius 2 is 1.82 bits per heavy atom. The van der Waals surface area contributed by atoms with Gasteiger partial charge in [-0.05, 0) is 46.9 Å². The van der Waals surface area contributed by atoms with Crippen LogP contribution >= 0.6 is 0 Å². The summed E-state index contributed by atoms with van der Waals surface area (Å²) < 4.78 is 1.96. The number of amides is 1. The average molecular weight is 365 g/mol. The van der Waals surface area contributed by atoms with E-state index >= 15 is 0 Å². The number of hydrogen-bond donors (Lipinski definition) is 1. The van der Waals surface area contributed by atoms with Gasteiger partial charge in [-0.25, -0.2) is 4.98 Å². The van der Waals surface area contributed by atoms with Crippen LogP contribution in [0.25, 0.3) is 22.4 Å². The third-order valence-corrected chi connectivity index (χ3v) is 5.33. The molecule has 4 nitrogen and oxygen atoms in total. The summed E-state index contributed by atoms with van der Waals surface area (Å²) in [5, 5.41) is 3.07. The van der Waals surface area contributed by atoms with Crippen LogP contribution in [0.5, 0.6) is 0 Å². The lowest BCUT2D eigenvalue weighted by atomic mass is 10.0. The third kappa shape index (κ3) is 2.70. The zero-order valence-electron chi connectivity index (χ0n) is 15.5. The molecule has 1 aromatic heterocycles. The summed E-state index contributed by atoms with van der Waals surface area (Å²) in [6.07, 6.45) is 4.39. The van der Waals surface area contributed by atoms with Gasteiger partial charge in [0.05, 0.1) is 18.2 Å². The molecule has 1 aliphatic rings. The number of fused-ring (bicyclic) bond motifs is 3. The summed E-state index contributed by atoms with van der Waals surface area (Å²) in [4.78, 5) is 17.2. The van der Waals surface area contributed by atoms with Gasteiger partial charge in [-0.3, -0.25) is 4.79 Å². The molecule has 0 saturated heterocycles. The normalized spacial score (nSPS) is 11.8. The first-order valence-corrected chi connectivity index (χ1v) is 9.29. The zero-order valence-corrected chi connectivity index (χ0v) is 15.5. The lowest BCUT2D eigenvalue weighted by molar-refractivity contribution is 0.102. The number of aryl methyl sites for hydroxylation is 1. The molecule has 1 amide bonds. The molecule has 3 aromatic carbocycles. The molecule has 0 spiro atoms. The molecular weight excluding hydrogens is 346 g/mol. The number of aromatic nitrogens is 2. The molecule has 4 aromatic rings. The molecule has 1 N–H and O–H groups in total. The highest BCUT2D eigenvalue weighted by Gasteiger charge is 2.23. The van der Waals surface area contributed by atoms with Crippen molar-refractivity contribution < 1.29 is 4.79 Å². The summed E-state index contributed by atoms with van der Waals surface area (Å²) in [5.41, 5.74) is 8.30. The minimum atomic E-state index is -0.0770. The summed E-state index contributed by atoms with van der Waals surface area (Å²) in [7, 11) is 1.96. The molecule has 0 bridgehead atoms. The Labute approximate surface area is 163 Å². The minimum absolute atomic E-state index is 0.0770. The van der Waals surface area contributed by atoms with Crippen molar-refractivity contribution >= 4 is 11.6 Å². The van der Waals surface area contributed by atoms with Gasteiger partial charge in [0.25, 0.3) is 5.91 Å². The summed E-state index contributed by atoms with van der Waals surface area (Å²) in [6, 6.07) is 22.2. The molecule has 0 fully saturated rings. The number of nitrogens with one attached hydrogen (secondary N) is 1. The van der Waals surface area contributed by atoms with Crippen LogP contribution in [0.4, 0.5) is 5.69 Å². The number of imidazole rings is 1. The monoisotopic (exact) mass is 365 g/mol. The number of benzene rings is 3. The second-order valence-corrected chi connectivity index (χ2v) is 7.09. The summed E-state index contributed by atoms with van der Waals surface area (Å²) >= 11 is 0. The Hall–Kier alpha value is -3.66. The van der Waals surface area contributed by atoms with Crippen molar-refractivity contribution in [2.45, 2.75) is 6.42 Å². The van der Waals surface area contributed by atoms with E-state index in [0.29, 0.717) is 0 Å². The standard InChI is InChI=1S/C24H19N3O/c1-27-15-25-14-23(27)17-7-4-8-18(12-17)26-24(28)21-11-5-10-20-19-9-3-2-6-16(19)13-22(20)21/h2-12,14-15H,13H2,1H3,(H,26,28). The fraction of sp³-hybridized carbons (Fsp3) is 0.0833. The number of hydrogen-bond acceptors (Lipinski definition) is 2. The predicted molar refractivity (Wildman–Crippen MR) is 111 cm³/mol. The van der Waals surface area contributed by atoms with Crippen molar-refractivity contribution in [3.05, 3.63) is 95.9 Å². The fourth-order valence-corrected chi connectivity index (χ4v) is 3.96. The smallest absolute Gasteiger partial charge is 0.255 e. The van der Waals surface area contributed by atoms with Crippen molar-refractivity contribution in [2.24, 2.45) is 7.05 Å². The van der Waals surface area contributed by atoms with Crippen molar-refractivity contribution in [2.75, 3.05) is 5.32 Å². The highest BCUT2D eigenvalue weighted by molar-refractivity contribution is 6.07. The molecule has 0 atom stereocenters. The quantitative estimate of drug-likeness (QED) is 0.494. The Kier molecular flexibility index (Phi) is 3.83. The van der Waals surface area contributed by atoms with Crippen molar-refractivity contribution in [1.82, 2.24) is 9.55 Å². The molecule has 1 heterocycles. The number of rotatable bonds is 3. The Morgan fingerprint density at radius 1 is 1.00 bits per heavy atom. The number of anilines is 1. The second kappa shape index (κ2) is 6.50. The van der Waals surface area contributed by atoms with Gasteiger partial charge in [0.1, 0.15) is 0 Å². The van der Waals surface area contributed by atoms with Crippen LogP contribution in [0.15, 0.2) is 79.3 Å². The number of carbonyl (C=O) groups excluding carboxylic acids is 1. The van der Waals surface area contributed by atoms with E-state index in [1.165, 1.54) is 11.1 Å². The van der Waals surface area contributed by atoms with Gasteiger partial charge in [0.2, 0.25) is 0 Å². The molecule has 4 heteroatoms. The van der Waals surface area contributed by atoms with Gasteiger partial charge in [-0.15, -0.1) is 0 Å². The van der Waals surface area contributed by atoms with Crippen LogP contribution in [-0.2, 0) is 13.5 Å². The van der Waals surface area contributed by atoms with Crippen LogP contribution in [0, 0.1) is 0 Å². The lowest BCUT2D eigenvalue weighted by Gasteiger charge is -2.11. The average Bonchev–Trinajstić information content (AvgIpc) is 3.31. The number of nitrogens with zero attached hydrogens (tertiary/aromatic N) is 2. The van der Waals surface area contributed by atoms with Crippen LogP contribution < -0.4 is 5.32 Å². The summed E-state index contributed by atoms with van der Waals surface area (Å²) in [6.45, 7) is 0. The second-order valence-electron chi connectivity index (χ2n) is 7.09. The maximum atomic E-state index is 13.1. The highest BCUT2D eigenvalue weighted by Crippen LogP contribution is 2.38. The van der Waals surface area contributed by atoms with E-state index in [-0.39, 0.29) is 5.91 Å². The first-order chi connectivity index (χ1) is 13.7. The molecule has 1 aliphatic carbocycles. The van der Waals surface area contributed by atoms with E-state index in [9.17, 15) is 4.79 Å². The van der Waals surface area contributed by atoms with Gasteiger partial charge in [0.15, 0.2) is 0 Å². The van der Waals surface area contributed by atoms with E-state index < -0.39 is 0 Å². The van der Waals surface area contributed by atoms with Crippen molar-refractivity contribution in [1.29, 1.82) is 0 Å². The fourth-order valence-electron chi connectivity index (χ4n) is 3.96. The van der Waals surface area contributed by atoms with Crippen LogP contribution in [0.2, 0.25) is 0 Å². The summed E-state index contributed by atoms with van der Waals surface area (Å²) in [5.74, 6) is -0.0770. The third-order valence-electron chi connectivity index (χ3n) is 5.33. The Balaban J connectivity index is 1.46. The largest absolute Gasteiger partial charge is 0.334 e. The van der Waals surface area contributed by atoms with Gasteiger partial charge in [-0.1, -0.05) is 48.5 Å². The molecule has 0 unspecified atom stereocenters. The van der Waals surface area contributed by atoms with E-state index in [1.54, 1.807) is 6.33 Å². The van der Waals surface area contributed by atoms with E-state index in [1.807, 2.05) is 66.3 Å². The van der Waals surface area contributed by atoms with E-state index in [0.717, 1.165) is 40.1 Å². The molecular formula is C24H19N3O. The molecule has 0 saturated carbocycles. The van der Waals surface area contributed by atoms with Crippen LogP contribution in [0.3, 0.4) is 0 Å². The van der Waals surface area contributed by atoms with Gasteiger partial charge >= 0.3 is 0 Å². The maximum Gasteiger partial charge on any atom is 0.255 e. The van der Waals surface area contributed by atoms with Crippen LogP contribution in [0.1, 0.15) is 21.5 Å². The maximum absolute atomic E-state index is 13.1. The highest BCUT2D eigenvalue weighted by atomic mass is 16.1. The SMILES string of the molecule is Cn1cncc1-c1cccc(NC(=O)c2cccc3c2Cc2ccccc2-3)c1. The van der Waals surface area contributed by atoms with Crippen LogP contribution in [-0.4, -0.2) is 15.5 Å². The molecule has 5 rings (SSSR count).